The summed E-state index contributed by atoms with van der Waals surface area (Å²) >= 11 is 0. The zero-order chi connectivity index (χ0) is 14.3. The van der Waals surface area contributed by atoms with Crippen LogP contribution >= 0.6 is 0 Å². The van der Waals surface area contributed by atoms with Crippen LogP contribution in [-0.2, 0) is 0 Å². The molecule has 0 N–H and O–H groups in total. The highest BCUT2D eigenvalue weighted by molar-refractivity contribution is 5.80. The summed E-state index contributed by atoms with van der Waals surface area (Å²) < 4.78 is 1.47. The summed E-state index contributed by atoms with van der Waals surface area (Å²) in [4.78, 5) is 17.0. The third-order valence-electron chi connectivity index (χ3n) is 4.77. The largest absolute Gasteiger partial charge is 0.329 e. The Kier molecular flexibility index (Phi) is 3.06. The number of carbonyl (C=O) groups excluding carboxylic acids is 1. The van der Waals surface area contributed by atoms with E-state index in [0.717, 1.165) is 32.5 Å². The number of rotatable bonds is 1. The normalized spacial score (nSPS) is 26.0. The lowest BCUT2D eigenvalue weighted by Crippen LogP contribution is -2.64. The molecule has 2 aliphatic heterocycles. The second kappa shape index (κ2) is 4.64. The summed E-state index contributed by atoms with van der Waals surface area (Å²) in [6.45, 7) is 7.21. The van der Waals surface area contributed by atoms with E-state index >= 15 is 0 Å². The lowest BCUT2D eigenvalue weighted by Gasteiger charge is -2.50. The molecule has 0 saturated carbocycles. The van der Waals surface area contributed by atoms with E-state index in [0.29, 0.717) is 11.7 Å². The molecule has 0 radical (unpaired) electrons. The molecule has 1 atom stereocenters. The van der Waals surface area contributed by atoms with E-state index in [1.807, 2.05) is 4.90 Å². The average Bonchev–Trinajstić information content (AvgIpc) is 3.05. The first-order valence-electron chi connectivity index (χ1n) is 7.21. The van der Waals surface area contributed by atoms with Crippen LogP contribution in [0.3, 0.4) is 0 Å². The molecule has 5 nitrogen and oxygen atoms in total. The number of carbonyl (C=O) groups is 1. The third kappa shape index (κ3) is 1.83. The van der Waals surface area contributed by atoms with E-state index in [4.69, 9.17) is 5.26 Å². The van der Waals surface area contributed by atoms with Gasteiger partial charge in [-0.2, -0.15) is 5.26 Å². The molecule has 1 unspecified atom stereocenters. The first-order valence-corrected chi connectivity index (χ1v) is 7.21. The average molecular weight is 272 g/mol. The molecule has 20 heavy (non-hydrogen) atoms. The van der Waals surface area contributed by atoms with Crippen molar-refractivity contribution in [2.45, 2.75) is 38.3 Å². The Balaban J connectivity index is 1.79. The Hall–Kier alpha value is -1.80. The number of nitrogens with zero attached hydrogens (tertiary/aromatic N) is 4. The predicted molar refractivity (Wildman–Crippen MR) is 75.3 cm³/mol. The molecular formula is C15H20N4O. The standard InChI is InChI=1S/C15H20N4O/c1-12(2)17-8-5-15(11-17)6-9-19(15)14(20)18-7-3-4-13(18)10-16/h3-4,7,12H,5-6,8-9,11H2,1-2H3. The first kappa shape index (κ1) is 13.2. The molecule has 2 saturated heterocycles. The van der Waals surface area contributed by atoms with Crippen LogP contribution in [0.1, 0.15) is 32.4 Å². The Bertz CT molecular complexity index is 571. The maximum absolute atomic E-state index is 12.6. The number of amides is 1. The minimum Gasteiger partial charge on any atom is -0.317 e. The molecule has 3 rings (SSSR count). The smallest absolute Gasteiger partial charge is 0.317 e. The van der Waals surface area contributed by atoms with Gasteiger partial charge in [0.05, 0.1) is 5.54 Å². The van der Waals surface area contributed by atoms with Crippen LogP contribution in [0.2, 0.25) is 0 Å². The molecule has 5 heteroatoms. The van der Waals surface area contributed by atoms with Gasteiger partial charge in [-0.1, -0.05) is 0 Å². The highest BCUT2D eigenvalue weighted by Crippen LogP contribution is 2.40. The van der Waals surface area contributed by atoms with Gasteiger partial charge in [-0.05, 0) is 38.8 Å². The lowest BCUT2D eigenvalue weighted by molar-refractivity contribution is 0.0288. The summed E-state index contributed by atoms with van der Waals surface area (Å²) in [5.74, 6) is 0. The van der Waals surface area contributed by atoms with Crippen LogP contribution in [-0.4, -0.2) is 51.6 Å². The van der Waals surface area contributed by atoms with Gasteiger partial charge in [0, 0.05) is 31.9 Å². The summed E-state index contributed by atoms with van der Waals surface area (Å²) in [5, 5.41) is 9.05. The van der Waals surface area contributed by atoms with Gasteiger partial charge in [0.1, 0.15) is 11.8 Å². The van der Waals surface area contributed by atoms with E-state index in [1.54, 1.807) is 18.3 Å². The minimum atomic E-state index is -0.0524. The van der Waals surface area contributed by atoms with Crippen LogP contribution < -0.4 is 0 Å². The van der Waals surface area contributed by atoms with E-state index in [-0.39, 0.29) is 11.6 Å². The molecule has 1 aromatic rings. The molecule has 0 aliphatic carbocycles. The second-order valence-corrected chi connectivity index (χ2v) is 6.10. The molecule has 106 valence electrons. The van der Waals surface area contributed by atoms with Crippen molar-refractivity contribution >= 4 is 6.03 Å². The number of aromatic nitrogens is 1. The summed E-state index contributed by atoms with van der Waals surface area (Å²) in [7, 11) is 0. The quantitative estimate of drug-likeness (QED) is 0.784. The molecule has 1 aromatic heterocycles. The van der Waals surface area contributed by atoms with Gasteiger partial charge in [0.15, 0.2) is 0 Å². The van der Waals surface area contributed by atoms with Gasteiger partial charge in [-0.25, -0.2) is 4.79 Å². The Morgan fingerprint density at radius 1 is 1.40 bits per heavy atom. The maximum Gasteiger partial charge on any atom is 0.329 e. The van der Waals surface area contributed by atoms with Crippen molar-refractivity contribution in [1.29, 1.82) is 5.26 Å². The summed E-state index contributed by atoms with van der Waals surface area (Å²) in [6.07, 6.45) is 3.80. The minimum absolute atomic E-state index is 0.00164. The van der Waals surface area contributed by atoms with Crippen LogP contribution in [0, 0.1) is 11.3 Å². The van der Waals surface area contributed by atoms with Gasteiger partial charge >= 0.3 is 6.03 Å². The monoisotopic (exact) mass is 272 g/mol. The van der Waals surface area contributed by atoms with E-state index in [1.165, 1.54) is 4.57 Å². The van der Waals surface area contributed by atoms with Crippen molar-refractivity contribution in [2.75, 3.05) is 19.6 Å². The Labute approximate surface area is 119 Å². The number of hydrogen-bond acceptors (Lipinski definition) is 3. The van der Waals surface area contributed by atoms with Crippen LogP contribution in [0.25, 0.3) is 0 Å². The Morgan fingerprint density at radius 3 is 2.70 bits per heavy atom. The van der Waals surface area contributed by atoms with Gasteiger partial charge in [-0.15, -0.1) is 0 Å². The fraction of sp³-hybridized carbons (Fsp3) is 0.600. The second-order valence-electron chi connectivity index (χ2n) is 6.10. The van der Waals surface area contributed by atoms with Gasteiger partial charge in [0.2, 0.25) is 0 Å². The molecular weight excluding hydrogens is 252 g/mol. The van der Waals surface area contributed by atoms with Gasteiger partial charge in [-0.3, -0.25) is 9.47 Å². The van der Waals surface area contributed by atoms with E-state index < -0.39 is 0 Å². The van der Waals surface area contributed by atoms with Crippen molar-refractivity contribution in [1.82, 2.24) is 14.4 Å². The molecule has 1 spiro atoms. The molecule has 0 aromatic carbocycles. The molecule has 2 fully saturated rings. The van der Waals surface area contributed by atoms with Crippen LogP contribution in [0.5, 0.6) is 0 Å². The maximum atomic E-state index is 12.6. The van der Waals surface area contributed by atoms with Gasteiger partial charge < -0.3 is 4.90 Å². The van der Waals surface area contributed by atoms with Gasteiger partial charge in [0.25, 0.3) is 0 Å². The van der Waals surface area contributed by atoms with Crippen molar-refractivity contribution < 1.29 is 4.79 Å². The number of likely N-dealkylation sites (tertiary alicyclic amines) is 2. The molecule has 1 amide bonds. The highest BCUT2D eigenvalue weighted by Gasteiger charge is 2.52. The Morgan fingerprint density at radius 2 is 2.15 bits per heavy atom. The molecule has 0 bridgehead atoms. The van der Waals surface area contributed by atoms with Crippen molar-refractivity contribution in [3.8, 4) is 6.07 Å². The summed E-state index contributed by atoms with van der Waals surface area (Å²) in [5.41, 5.74) is 0.411. The fourth-order valence-electron chi connectivity index (χ4n) is 3.36. The van der Waals surface area contributed by atoms with Crippen molar-refractivity contribution in [2.24, 2.45) is 0 Å². The first-order chi connectivity index (χ1) is 9.57. The lowest BCUT2D eigenvalue weighted by atomic mass is 9.84. The topological polar surface area (TPSA) is 52.3 Å². The zero-order valence-corrected chi connectivity index (χ0v) is 12.0. The van der Waals surface area contributed by atoms with E-state index in [9.17, 15) is 4.79 Å². The van der Waals surface area contributed by atoms with Crippen LogP contribution in [0.4, 0.5) is 4.79 Å². The highest BCUT2D eigenvalue weighted by atomic mass is 16.2. The number of hydrogen-bond donors (Lipinski definition) is 0. The predicted octanol–water partition coefficient (Wildman–Crippen LogP) is 1.89. The van der Waals surface area contributed by atoms with E-state index in [2.05, 4.69) is 24.8 Å². The fourth-order valence-corrected chi connectivity index (χ4v) is 3.36. The third-order valence-corrected chi connectivity index (χ3v) is 4.77. The van der Waals surface area contributed by atoms with Crippen LogP contribution in [0.15, 0.2) is 18.3 Å². The van der Waals surface area contributed by atoms with Crippen molar-refractivity contribution in [3.05, 3.63) is 24.0 Å². The number of nitriles is 1. The molecule has 3 heterocycles. The SMILES string of the molecule is CC(C)N1CCC2(CCN2C(=O)n2cccc2C#N)C1. The zero-order valence-electron chi connectivity index (χ0n) is 12.0. The molecule has 2 aliphatic rings. The van der Waals surface area contributed by atoms with Crippen molar-refractivity contribution in [3.63, 3.8) is 0 Å². The summed E-state index contributed by atoms with van der Waals surface area (Å²) in [6, 6.07) is 5.97.